The lowest BCUT2D eigenvalue weighted by molar-refractivity contribution is -0.121. The molecule has 0 saturated heterocycles. The number of carbonyl (C=O) groups is 2. The lowest BCUT2D eigenvalue weighted by Gasteiger charge is -2.34. The summed E-state index contributed by atoms with van der Waals surface area (Å²) in [5.74, 6) is 0.191. The Morgan fingerprint density at radius 2 is 1.21 bits per heavy atom. The second-order valence-electron chi connectivity index (χ2n) is 8.87. The maximum Gasteiger partial charge on any atom is 0.220 e. The second-order valence-corrected chi connectivity index (χ2v) is 8.87. The second kappa shape index (κ2) is 22.1. The standard InChI is InChI=1S/C27H51N3O3/c1-5-7-9-11-13-15-18-26(32)28-22-24(3)30(20-17-21-31)25(4)23-29-27(33)19-16-14-12-10-8-6-2/h7-10,24-25,31H,5-6,11-23H2,1-4H3,(H,28,32)(H,29,33)/b9-7+,10-8+. The molecular formula is C27H51N3O3. The van der Waals surface area contributed by atoms with Gasteiger partial charge in [-0.25, -0.2) is 0 Å². The van der Waals surface area contributed by atoms with Crippen molar-refractivity contribution in [3.8, 4) is 0 Å². The van der Waals surface area contributed by atoms with E-state index in [2.05, 4.69) is 67.5 Å². The van der Waals surface area contributed by atoms with Crippen molar-refractivity contribution in [1.82, 2.24) is 15.5 Å². The van der Waals surface area contributed by atoms with Crippen LogP contribution in [0.4, 0.5) is 0 Å². The minimum absolute atomic E-state index is 0.0955. The van der Waals surface area contributed by atoms with E-state index in [0.717, 1.165) is 57.9 Å². The van der Waals surface area contributed by atoms with Crippen LogP contribution in [-0.2, 0) is 9.59 Å². The Bertz CT molecular complexity index is 505. The highest BCUT2D eigenvalue weighted by Crippen LogP contribution is 2.08. The molecule has 2 unspecified atom stereocenters. The molecule has 192 valence electrons. The molecule has 0 aromatic rings. The van der Waals surface area contributed by atoms with Crippen LogP contribution in [0.1, 0.15) is 98.3 Å². The Balaban J connectivity index is 4.31. The lowest BCUT2D eigenvalue weighted by atomic mass is 10.1. The summed E-state index contributed by atoms with van der Waals surface area (Å²) in [7, 11) is 0. The van der Waals surface area contributed by atoms with Crippen LogP contribution in [-0.4, -0.2) is 60.1 Å². The fourth-order valence-corrected chi connectivity index (χ4v) is 3.73. The van der Waals surface area contributed by atoms with Crippen LogP contribution >= 0.6 is 0 Å². The van der Waals surface area contributed by atoms with Crippen LogP contribution in [0.15, 0.2) is 24.3 Å². The number of nitrogens with zero attached hydrogens (tertiary/aromatic N) is 1. The molecule has 0 saturated carbocycles. The van der Waals surface area contributed by atoms with Crippen molar-refractivity contribution in [2.75, 3.05) is 26.2 Å². The fraction of sp³-hybridized carbons (Fsp3) is 0.778. The van der Waals surface area contributed by atoms with Crippen LogP contribution in [0.5, 0.6) is 0 Å². The Labute approximate surface area is 203 Å². The molecule has 33 heavy (non-hydrogen) atoms. The molecule has 0 aromatic carbocycles. The maximum absolute atomic E-state index is 12.2. The quantitative estimate of drug-likeness (QED) is 0.169. The number of aliphatic hydroxyl groups is 1. The summed E-state index contributed by atoms with van der Waals surface area (Å²) < 4.78 is 0. The van der Waals surface area contributed by atoms with Gasteiger partial charge >= 0.3 is 0 Å². The smallest absolute Gasteiger partial charge is 0.220 e. The SMILES string of the molecule is CC/C=C/CCCCC(=O)NCC(C)N(CCCO)C(C)CNC(=O)CCCC/C=C/CC. The predicted octanol–water partition coefficient (Wildman–Crippen LogP) is 4.73. The molecular weight excluding hydrogens is 414 g/mol. The molecule has 0 rings (SSSR count). The van der Waals surface area contributed by atoms with Gasteiger partial charge in [-0.15, -0.1) is 0 Å². The van der Waals surface area contributed by atoms with Crippen molar-refractivity contribution < 1.29 is 14.7 Å². The molecule has 0 aliphatic rings. The van der Waals surface area contributed by atoms with E-state index in [1.165, 1.54) is 0 Å². The molecule has 0 radical (unpaired) electrons. The summed E-state index contributed by atoms with van der Waals surface area (Å²) >= 11 is 0. The van der Waals surface area contributed by atoms with E-state index in [0.29, 0.717) is 32.4 Å². The zero-order valence-electron chi connectivity index (χ0n) is 21.8. The Kier molecular flexibility index (Phi) is 21.0. The normalized spacial score (nSPS) is 13.6. The summed E-state index contributed by atoms with van der Waals surface area (Å²) in [6.45, 7) is 10.4. The van der Waals surface area contributed by atoms with Crippen LogP contribution in [0.3, 0.4) is 0 Å². The van der Waals surface area contributed by atoms with Crippen LogP contribution in [0.2, 0.25) is 0 Å². The van der Waals surface area contributed by atoms with Crippen molar-refractivity contribution in [2.24, 2.45) is 0 Å². The Hall–Kier alpha value is -1.66. The van der Waals surface area contributed by atoms with Crippen molar-refractivity contribution >= 4 is 11.8 Å². The molecule has 0 aliphatic heterocycles. The molecule has 0 heterocycles. The van der Waals surface area contributed by atoms with Crippen molar-refractivity contribution in [3.63, 3.8) is 0 Å². The number of nitrogens with one attached hydrogen (secondary N) is 2. The highest BCUT2D eigenvalue weighted by Gasteiger charge is 2.20. The molecule has 0 spiro atoms. The van der Waals surface area contributed by atoms with Gasteiger partial charge in [0.25, 0.3) is 0 Å². The van der Waals surface area contributed by atoms with Gasteiger partial charge in [-0.05, 0) is 71.6 Å². The monoisotopic (exact) mass is 465 g/mol. The van der Waals surface area contributed by atoms with Gasteiger partial charge in [-0.3, -0.25) is 14.5 Å². The van der Waals surface area contributed by atoms with Crippen molar-refractivity contribution in [2.45, 2.75) is 110 Å². The third kappa shape index (κ3) is 18.5. The van der Waals surface area contributed by atoms with E-state index in [4.69, 9.17) is 0 Å². The molecule has 0 aromatic heterocycles. The average molecular weight is 466 g/mol. The third-order valence-electron chi connectivity index (χ3n) is 5.75. The summed E-state index contributed by atoms with van der Waals surface area (Å²) in [5.41, 5.74) is 0. The van der Waals surface area contributed by atoms with Gasteiger partial charge in [0.15, 0.2) is 0 Å². The van der Waals surface area contributed by atoms with Crippen molar-refractivity contribution in [3.05, 3.63) is 24.3 Å². The number of aliphatic hydroxyl groups excluding tert-OH is 1. The fourth-order valence-electron chi connectivity index (χ4n) is 3.73. The molecule has 0 fully saturated rings. The van der Waals surface area contributed by atoms with Crippen molar-refractivity contribution in [1.29, 1.82) is 0 Å². The largest absolute Gasteiger partial charge is 0.396 e. The molecule has 0 aliphatic carbocycles. The summed E-state index contributed by atoms with van der Waals surface area (Å²) in [6, 6.07) is 0.260. The van der Waals surface area contributed by atoms with Crippen LogP contribution in [0.25, 0.3) is 0 Å². The van der Waals surface area contributed by atoms with E-state index >= 15 is 0 Å². The summed E-state index contributed by atoms with van der Waals surface area (Å²) in [5, 5.41) is 15.4. The Morgan fingerprint density at radius 1 is 0.758 bits per heavy atom. The van der Waals surface area contributed by atoms with Gasteiger partial charge in [0.05, 0.1) is 0 Å². The van der Waals surface area contributed by atoms with Gasteiger partial charge < -0.3 is 15.7 Å². The van der Waals surface area contributed by atoms with Gasteiger partial charge in [-0.1, -0.05) is 38.2 Å². The van der Waals surface area contributed by atoms with Gasteiger partial charge in [-0.2, -0.15) is 0 Å². The molecule has 2 amide bonds. The number of amides is 2. The molecule has 3 N–H and O–H groups in total. The maximum atomic E-state index is 12.2. The van der Waals surface area contributed by atoms with Crippen LogP contribution < -0.4 is 10.6 Å². The molecule has 6 heteroatoms. The number of carbonyl (C=O) groups excluding carboxylic acids is 2. The highest BCUT2D eigenvalue weighted by atomic mass is 16.3. The third-order valence-corrected chi connectivity index (χ3v) is 5.75. The van der Waals surface area contributed by atoms with Gasteiger partial charge in [0.1, 0.15) is 0 Å². The van der Waals surface area contributed by atoms with Gasteiger partial charge in [0, 0.05) is 51.2 Å². The number of allylic oxidation sites excluding steroid dienone is 4. The van der Waals surface area contributed by atoms with Gasteiger partial charge in [0.2, 0.25) is 11.8 Å². The predicted molar refractivity (Wildman–Crippen MR) is 139 cm³/mol. The zero-order valence-corrected chi connectivity index (χ0v) is 21.8. The number of hydrogen-bond donors (Lipinski definition) is 3. The van der Waals surface area contributed by atoms with E-state index in [9.17, 15) is 14.7 Å². The molecule has 0 bridgehead atoms. The first-order chi connectivity index (χ1) is 16.0. The van der Waals surface area contributed by atoms with E-state index in [1.54, 1.807) is 0 Å². The Morgan fingerprint density at radius 3 is 1.61 bits per heavy atom. The summed E-state index contributed by atoms with van der Waals surface area (Å²) in [4.78, 5) is 26.7. The van der Waals surface area contributed by atoms with E-state index in [1.807, 2.05) is 0 Å². The first-order valence-electron chi connectivity index (χ1n) is 13.2. The highest BCUT2D eigenvalue weighted by molar-refractivity contribution is 5.76. The zero-order chi connectivity index (χ0) is 24.7. The minimum Gasteiger partial charge on any atom is -0.396 e. The molecule has 2 atom stereocenters. The minimum atomic E-state index is 0.0955. The van der Waals surface area contributed by atoms with E-state index in [-0.39, 0.29) is 30.5 Å². The first-order valence-corrected chi connectivity index (χ1v) is 13.2. The number of unbranched alkanes of at least 4 members (excludes halogenated alkanes) is 4. The van der Waals surface area contributed by atoms with Crippen LogP contribution in [0, 0.1) is 0 Å². The number of rotatable bonds is 21. The first kappa shape index (κ1) is 31.3. The lowest BCUT2D eigenvalue weighted by Crippen LogP contribution is -2.50. The molecule has 6 nitrogen and oxygen atoms in total. The number of hydrogen-bond acceptors (Lipinski definition) is 4. The topological polar surface area (TPSA) is 81.7 Å². The van der Waals surface area contributed by atoms with E-state index < -0.39 is 0 Å². The summed E-state index contributed by atoms with van der Waals surface area (Å²) in [6.07, 6.45) is 18.6. The average Bonchev–Trinajstić information content (AvgIpc) is 2.81.